The van der Waals surface area contributed by atoms with Crippen molar-refractivity contribution in [2.75, 3.05) is 12.8 Å². The first-order chi connectivity index (χ1) is 16.6. The highest BCUT2D eigenvalue weighted by Gasteiger charge is 2.71. The van der Waals surface area contributed by atoms with Gasteiger partial charge in [-0.25, -0.2) is 19.9 Å². The maximum atomic E-state index is 14.3. The highest BCUT2D eigenvalue weighted by Crippen LogP contribution is 2.67. The van der Waals surface area contributed by atoms with E-state index < -0.39 is 11.1 Å². The van der Waals surface area contributed by atoms with Crippen molar-refractivity contribution in [1.82, 2.24) is 29.1 Å². The van der Waals surface area contributed by atoms with E-state index in [4.69, 9.17) is 27.1 Å². The summed E-state index contributed by atoms with van der Waals surface area (Å²) < 4.78 is 9.80. The lowest BCUT2D eigenvalue weighted by Crippen LogP contribution is -2.75. The van der Waals surface area contributed by atoms with Gasteiger partial charge in [-0.05, 0) is 36.8 Å². The standard InChI is InChI=1S/C25H26ClN7O2/c1-23(2)14-8-9-24(3,35-4)25(23,10-14)33-17(31-16-7-5-6-15(26)18(16)22(33)34)11-32-13-30-19-20(27)28-12-29-21(19)32/h5-9,12-14H,10-11H2,1-4H3,(H2,27,28,29). The Balaban J connectivity index is 1.68. The summed E-state index contributed by atoms with van der Waals surface area (Å²) in [5.41, 5.74) is 5.77. The van der Waals surface area contributed by atoms with Crippen molar-refractivity contribution in [3.8, 4) is 0 Å². The molecule has 3 unspecified atom stereocenters. The van der Waals surface area contributed by atoms with E-state index in [0.29, 0.717) is 44.6 Å². The van der Waals surface area contributed by atoms with Crippen LogP contribution in [0.25, 0.3) is 22.1 Å². The third-order valence-corrected chi connectivity index (χ3v) is 8.75. The van der Waals surface area contributed by atoms with Crippen LogP contribution in [-0.4, -0.2) is 41.8 Å². The summed E-state index contributed by atoms with van der Waals surface area (Å²) in [5, 5.41) is 0.783. The lowest BCUT2D eigenvalue weighted by atomic mass is 9.41. The molecule has 9 nitrogen and oxygen atoms in total. The van der Waals surface area contributed by atoms with E-state index in [0.717, 1.165) is 6.42 Å². The lowest BCUT2D eigenvalue weighted by molar-refractivity contribution is -0.211. The Kier molecular flexibility index (Phi) is 4.51. The number of nitrogens with two attached hydrogens (primary N) is 1. The van der Waals surface area contributed by atoms with E-state index in [1.165, 1.54) is 6.33 Å². The third kappa shape index (κ3) is 2.65. The Hall–Kier alpha value is -3.30. The molecular weight excluding hydrogens is 466 g/mol. The molecule has 3 aliphatic rings. The zero-order valence-corrected chi connectivity index (χ0v) is 20.7. The number of allylic oxidation sites excluding steroid dienone is 1. The fraction of sp³-hybridized carbons (Fsp3) is 0.400. The van der Waals surface area contributed by atoms with E-state index in [1.54, 1.807) is 25.6 Å². The normalized spacial score (nSPS) is 26.8. The molecule has 1 fully saturated rings. The molecule has 1 aromatic carbocycles. The first-order valence-corrected chi connectivity index (χ1v) is 11.9. The number of rotatable bonds is 4. The molecule has 0 saturated heterocycles. The molecule has 3 aliphatic carbocycles. The lowest BCUT2D eigenvalue weighted by Gasteiger charge is -2.69. The predicted molar refractivity (Wildman–Crippen MR) is 134 cm³/mol. The molecule has 35 heavy (non-hydrogen) atoms. The summed E-state index contributed by atoms with van der Waals surface area (Å²) in [6, 6.07) is 5.34. The fourth-order valence-corrected chi connectivity index (χ4v) is 6.59. The number of anilines is 1. The number of hydrogen-bond donors (Lipinski definition) is 1. The first-order valence-electron chi connectivity index (χ1n) is 11.5. The molecule has 0 spiro atoms. The molecule has 2 N–H and O–H groups in total. The van der Waals surface area contributed by atoms with Gasteiger partial charge in [-0.2, -0.15) is 0 Å². The van der Waals surface area contributed by atoms with Gasteiger partial charge in [0.2, 0.25) is 0 Å². The van der Waals surface area contributed by atoms with Crippen LogP contribution in [0.3, 0.4) is 0 Å². The number of benzene rings is 1. The van der Waals surface area contributed by atoms with Gasteiger partial charge < -0.3 is 15.0 Å². The average molecular weight is 492 g/mol. The van der Waals surface area contributed by atoms with Crippen LogP contribution in [-0.2, 0) is 16.8 Å². The molecule has 3 aromatic heterocycles. The Morgan fingerprint density at radius 2 is 2.03 bits per heavy atom. The molecule has 3 atom stereocenters. The number of nitrogens with zero attached hydrogens (tertiary/aromatic N) is 6. The minimum Gasteiger partial charge on any atom is -0.382 e. The Morgan fingerprint density at radius 1 is 1.23 bits per heavy atom. The summed E-state index contributed by atoms with van der Waals surface area (Å²) in [6.45, 7) is 6.68. The summed E-state index contributed by atoms with van der Waals surface area (Å²) >= 11 is 6.55. The summed E-state index contributed by atoms with van der Waals surface area (Å²) in [5.74, 6) is 1.19. The van der Waals surface area contributed by atoms with Gasteiger partial charge in [0.05, 0.1) is 34.3 Å². The van der Waals surface area contributed by atoms with Gasteiger partial charge in [0.15, 0.2) is 11.5 Å². The Morgan fingerprint density at radius 3 is 2.77 bits per heavy atom. The molecule has 7 rings (SSSR count). The van der Waals surface area contributed by atoms with Gasteiger partial charge in [-0.1, -0.05) is 43.7 Å². The SMILES string of the molecule is COC1(C)C=CC2CC1(n1c(Cn3cnc4c(N)ncnc43)nc3cccc(Cl)c3c1=O)C2(C)C. The van der Waals surface area contributed by atoms with Crippen molar-refractivity contribution in [3.63, 3.8) is 0 Å². The number of halogens is 1. The number of fused-ring (bicyclic) bond motifs is 3. The number of nitrogen functional groups attached to an aromatic ring is 1. The monoisotopic (exact) mass is 491 g/mol. The minimum absolute atomic E-state index is 0.181. The molecule has 10 heteroatoms. The molecule has 4 aromatic rings. The number of imidazole rings is 1. The number of aromatic nitrogens is 6. The van der Waals surface area contributed by atoms with Gasteiger partial charge in [0.1, 0.15) is 23.3 Å². The maximum absolute atomic E-state index is 14.3. The highest BCUT2D eigenvalue weighted by atomic mass is 35.5. The molecular formula is C25H26ClN7O2. The third-order valence-electron chi connectivity index (χ3n) is 8.44. The van der Waals surface area contributed by atoms with Crippen molar-refractivity contribution in [2.45, 2.75) is 44.9 Å². The summed E-state index contributed by atoms with van der Waals surface area (Å²) in [6.07, 6.45) is 8.10. The number of ether oxygens (including phenoxy) is 1. The predicted octanol–water partition coefficient (Wildman–Crippen LogP) is 3.54. The largest absolute Gasteiger partial charge is 0.382 e. The van der Waals surface area contributed by atoms with Crippen LogP contribution in [0.5, 0.6) is 0 Å². The van der Waals surface area contributed by atoms with Gasteiger partial charge in [0, 0.05) is 7.11 Å². The average Bonchev–Trinajstić information content (AvgIpc) is 3.23. The van der Waals surface area contributed by atoms with E-state index >= 15 is 0 Å². The number of hydrogen-bond acceptors (Lipinski definition) is 7. The van der Waals surface area contributed by atoms with E-state index in [9.17, 15) is 4.79 Å². The van der Waals surface area contributed by atoms with Crippen molar-refractivity contribution >= 4 is 39.5 Å². The molecule has 0 amide bonds. The zero-order valence-electron chi connectivity index (χ0n) is 20.0. The molecule has 0 radical (unpaired) electrons. The van der Waals surface area contributed by atoms with Crippen LogP contribution >= 0.6 is 11.6 Å². The van der Waals surface area contributed by atoms with Gasteiger partial charge >= 0.3 is 0 Å². The van der Waals surface area contributed by atoms with Crippen LogP contribution in [0.2, 0.25) is 5.02 Å². The van der Waals surface area contributed by atoms with Crippen LogP contribution < -0.4 is 11.3 Å². The molecule has 2 bridgehead atoms. The van der Waals surface area contributed by atoms with Crippen molar-refractivity contribution in [2.24, 2.45) is 11.3 Å². The van der Waals surface area contributed by atoms with Crippen molar-refractivity contribution < 1.29 is 4.74 Å². The van der Waals surface area contributed by atoms with Crippen LogP contribution in [0.15, 0.2) is 47.8 Å². The van der Waals surface area contributed by atoms with E-state index in [-0.39, 0.29) is 17.5 Å². The smallest absolute Gasteiger partial charge is 0.263 e. The van der Waals surface area contributed by atoms with E-state index in [1.807, 2.05) is 22.1 Å². The van der Waals surface area contributed by atoms with Gasteiger partial charge in [-0.3, -0.25) is 9.36 Å². The fourth-order valence-electron chi connectivity index (χ4n) is 6.34. The highest BCUT2D eigenvalue weighted by molar-refractivity contribution is 6.35. The Bertz CT molecular complexity index is 1610. The van der Waals surface area contributed by atoms with Gasteiger partial charge in [0.25, 0.3) is 5.56 Å². The molecule has 0 aliphatic heterocycles. The van der Waals surface area contributed by atoms with E-state index in [2.05, 4.69) is 41.0 Å². The van der Waals surface area contributed by atoms with Crippen molar-refractivity contribution in [3.05, 3.63) is 64.2 Å². The van der Waals surface area contributed by atoms with Crippen LogP contribution in [0.4, 0.5) is 5.82 Å². The summed E-state index contributed by atoms with van der Waals surface area (Å²) in [7, 11) is 1.69. The summed E-state index contributed by atoms with van der Waals surface area (Å²) in [4.78, 5) is 32.1. The second kappa shape index (κ2) is 7.11. The molecule has 180 valence electrons. The Labute approximate surface area is 206 Å². The quantitative estimate of drug-likeness (QED) is 0.434. The zero-order chi connectivity index (χ0) is 24.8. The maximum Gasteiger partial charge on any atom is 0.263 e. The molecule has 3 heterocycles. The van der Waals surface area contributed by atoms with Crippen LogP contribution in [0.1, 0.15) is 33.0 Å². The van der Waals surface area contributed by atoms with Gasteiger partial charge in [-0.15, -0.1) is 0 Å². The second-order valence-electron chi connectivity index (χ2n) is 10.2. The van der Waals surface area contributed by atoms with Crippen LogP contribution in [0, 0.1) is 11.3 Å². The minimum atomic E-state index is -0.732. The molecule has 1 saturated carbocycles. The number of methoxy groups -OCH3 is 1. The topological polar surface area (TPSA) is 114 Å². The first kappa shape index (κ1) is 22.2. The van der Waals surface area contributed by atoms with Crippen molar-refractivity contribution in [1.29, 1.82) is 0 Å². The second-order valence-corrected chi connectivity index (χ2v) is 10.6.